The van der Waals surface area contributed by atoms with Crippen LogP contribution in [0.4, 0.5) is 0 Å². The summed E-state index contributed by atoms with van der Waals surface area (Å²) in [6, 6.07) is 12.4. The standard InChI is InChI=1S/C13H11N/c1-9-7-11-5-3-4-6-12(11)13(8-14)10(9)2/h3-7H,1-2H3. The predicted octanol–water partition coefficient (Wildman–Crippen LogP) is 3.33. The lowest BCUT2D eigenvalue weighted by molar-refractivity contribution is 1.33. The Morgan fingerprint density at radius 3 is 2.57 bits per heavy atom. The van der Waals surface area contributed by atoms with Gasteiger partial charge in [-0.05, 0) is 35.7 Å². The Morgan fingerprint density at radius 2 is 1.86 bits per heavy atom. The molecule has 0 N–H and O–H groups in total. The number of hydrogen-bond acceptors (Lipinski definition) is 1. The second-order valence-electron chi connectivity index (χ2n) is 3.53. The van der Waals surface area contributed by atoms with Crippen LogP contribution < -0.4 is 0 Å². The number of aryl methyl sites for hydroxylation is 1. The SMILES string of the molecule is Cc1cc2ccccc2c(C#N)c1C. The molecule has 0 radical (unpaired) electrons. The summed E-state index contributed by atoms with van der Waals surface area (Å²) in [5.41, 5.74) is 3.08. The normalized spacial score (nSPS) is 10.1. The summed E-state index contributed by atoms with van der Waals surface area (Å²) in [5.74, 6) is 0. The minimum absolute atomic E-state index is 0.806. The van der Waals surface area contributed by atoms with Crippen molar-refractivity contribution in [2.45, 2.75) is 13.8 Å². The fourth-order valence-electron chi connectivity index (χ4n) is 1.74. The van der Waals surface area contributed by atoms with Gasteiger partial charge >= 0.3 is 0 Å². The largest absolute Gasteiger partial charge is 0.192 e. The second-order valence-corrected chi connectivity index (χ2v) is 3.53. The number of fused-ring (bicyclic) bond motifs is 1. The zero-order valence-electron chi connectivity index (χ0n) is 8.33. The highest BCUT2D eigenvalue weighted by Gasteiger charge is 2.05. The molecule has 0 saturated heterocycles. The first-order valence-electron chi connectivity index (χ1n) is 4.63. The van der Waals surface area contributed by atoms with Gasteiger partial charge in [-0.3, -0.25) is 0 Å². The molecule has 0 aliphatic carbocycles. The molecule has 2 aromatic rings. The fraction of sp³-hybridized carbons (Fsp3) is 0.154. The molecule has 0 fully saturated rings. The summed E-state index contributed by atoms with van der Waals surface area (Å²) >= 11 is 0. The van der Waals surface area contributed by atoms with Gasteiger partial charge in [0, 0.05) is 0 Å². The van der Waals surface area contributed by atoms with Crippen LogP contribution in [0.25, 0.3) is 10.8 Å². The third kappa shape index (κ3) is 1.16. The van der Waals surface area contributed by atoms with Gasteiger partial charge < -0.3 is 0 Å². The van der Waals surface area contributed by atoms with Crippen LogP contribution in [0.15, 0.2) is 30.3 Å². The molecule has 0 aromatic heterocycles. The molecule has 2 rings (SSSR count). The number of rotatable bonds is 0. The maximum absolute atomic E-state index is 9.09. The summed E-state index contributed by atoms with van der Waals surface area (Å²) in [6.07, 6.45) is 0. The van der Waals surface area contributed by atoms with E-state index in [9.17, 15) is 0 Å². The molecule has 0 aliphatic rings. The fourth-order valence-corrected chi connectivity index (χ4v) is 1.74. The summed E-state index contributed by atoms with van der Waals surface area (Å²) < 4.78 is 0. The molecular weight excluding hydrogens is 170 g/mol. The zero-order valence-corrected chi connectivity index (χ0v) is 8.33. The molecule has 2 aromatic carbocycles. The van der Waals surface area contributed by atoms with Crippen molar-refractivity contribution < 1.29 is 0 Å². The molecule has 0 spiro atoms. The molecule has 1 heteroatoms. The monoisotopic (exact) mass is 181 g/mol. The van der Waals surface area contributed by atoms with Crippen LogP contribution >= 0.6 is 0 Å². The number of nitrogens with zero attached hydrogens (tertiary/aromatic N) is 1. The van der Waals surface area contributed by atoms with Gasteiger partial charge in [-0.1, -0.05) is 30.3 Å². The van der Waals surface area contributed by atoms with Crippen molar-refractivity contribution in [1.82, 2.24) is 0 Å². The highest BCUT2D eigenvalue weighted by atomic mass is 14.3. The summed E-state index contributed by atoms with van der Waals surface area (Å²) in [6.45, 7) is 4.04. The molecule has 0 unspecified atom stereocenters. The molecule has 1 nitrogen and oxygen atoms in total. The van der Waals surface area contributed by atoms with Crippen molar-refractivity contribution in [1.29, 1.82) is 5.26 Å². The number of nitriles is 1. The van der Waals surface area contributed by atoms with Gasteiger partial charge in [0.05, 0.1) is 5.56 Å². The van der Waals surface area contributed by atoms with Gasteiger partial charge in [0.1, 0.15) is 6.07 Å². The molecule has 0 bridgehead atoms. The van der Waals surface area contributed by atoms with Crippen LogP contribution in [0.5, 0.6) is 0 Å². The zero-order chi connectivity index (χ0) is 10.1. The van der Waals surface area contributed by atoms with E-state index < -0.39 is 0 Å². The third-order valence-electron chi connectivity index (χ3n) is 2.68. The van der Waals surface area contributed by atoms with Crippen LogP contribution in [0.3, 0.4) is 0 Å². The molecule has 14 heavy (non-hydrogen) atoms. The van der Waals surface area contributed by atoms with Gasteiger partial charge in [-0.15, -0.1) is 0 Å². The molecular formula is C13H11N. The second kappa shape index (κ2) is 3.16. The summed E-state index contributed by atoms with van der Waals surface area (Å²) in [4.78, 5) is 0. The lowest BCUT2D eigenvalue weighted by atomic mass is 9.96. The molecule has 0 amide bonds. The van der Waals surface area contributed by atoms with E-state index >= 15 is 0 Å². The van der Waals surface area contributed by atoms with Crippen molar-refractivity contribution in [3.63, 3.8) is 0 Å². The van der Waals surface area contributed by atoms with Gasteiger partial charge in [0.15, 0.2) is 0 Å². The van der Waals surface area contributed by atoms with E-state index in [4.69, 9.17) is 5.26 Å². The summed E-state index contributed by atoms with van der Waals surface area (Å²) in [5, 5.41) is 11.3. The Morgan fingerprint density at radius 1 is 1.14 bits per heavy atom. The van der Waals surface area contributed by atoms with Crippen LogP contribution in [-0.4, -0.2) is 0 Å². The van der Waals surface area contributed by atoms with E-state index in [-0.39, 0.29) is 0 Å². The molecule has 0 heterocycles. The van der Waals surface area contributed by atoms with Crippen molar-refractivity contribution in [2.75, 3.05) is 0 Å². The average molecular weight is 181 g/mol. The first kappa shape index (κ1) is 8.77. The maximum Gasteiger partial charge on any atom is 0.100 e. The van der Waals surface area contributed by atoms with Gasteiger partial charge in [-0.2, -0.15) is 5.26 Å². The highest BCUT2D eigenvalue weighted by Crippen LogP contribution is 2.24. The quantitative estimate of drug-likeness (QED) is 0.611. The van der Waals surface area contributed by atoms with Crippen molar-refractivity contribution in [3.8, 4) is 6.07 Å². The smallest absolute Gasteiger partial charge is 0.100 e. The molecule has 0 aliphatic heterocycles. The lowest BCUT2D eigenvalue weighted by Gasteiger charge is -2.06. The Kier molecular flexibility index (Phi) is 1.98. The van der Waals surface area contributed by atoms with E-state index in [1.807, 2.05) is 38.1 Å². The first-order valence-corrected chi connectivity index (χ1v) is 4.63. The van der Waals surface area contributed by atoms with Gasteiger partial charge in [0.2, 0.25) is 0 Å². The van der Waals surface area contributed by atoms with Crippen molar-refractivity contribution in [3.05, 3.63) is 47.0 Å². The maximum atomic E-state index is 9.09. The lowest BCUT2D eigenvalue weighted by Crippen LogP contribution is -1.89. The van der Waals surface area contributed by atoms with E-state index in [0.717, 1.165) is 21.9 Å². The van der Waals surface area contributed by atoms with Crippen LogP contribution in [-0.2, 0) is 0 Å². The Bertz CT molecular complexity index is 533. The topological polar surface area (TPSA) is 23.8 Å². The van der Waals surface area contributed by atoms with E-state index in [2.05, 4.69) is 12.1 Å². The van der Waals surface area contributed by atoms with Crippen molar-refractivity contribution in [2.24, 2.45) is 0 Å². The van der Waals surface area contributed by atoms with E-state index in [1.54, 1.807) is 0 Å². The third-order valence-corrected chi connectivity index (χ3v) is 2.68. The average Bonchev–Trinajstić information content (AvgIpc) is 2.20. The van der Waals surface area contributed by atoms with Crippen LogP contribution in [0, 0.1) is 25.2 Å². The van der Waals surface area contributed by atoms with Crippen molar-refractivity contribution >= 4 is 10.8 Å². The Hall–Kier alpha value is -1.81. The number of hydrogen-bond donors (Lipinski definition) is 0. The minimum atomic E-state index is 0.806. The van der Waals surface area contributed by atoms with E-state index in [0.29, 0.717) is 0 Å². The predicted molar refractivity (Wildman–Crippen MR) is 58.1 cm³/mol. The van der Waals surface area contributed by atoms with Gasteiger partial charge in [0.25, 0.3) is 0 Å². The Labute approximate surface area is 83.6 Å². The molecule has 68 valence electrons. The molecule has 0 saturated carbocycles. The van der Waals surface area contributed by atoms with Crippen LogP contribution in [0.1, 0.15) is 16.7 Å². The highest BCUT2D eigenvalue weighted by molar-refractivity contribution is 5.89. The Balaban J connectivity index is 2.98. The molecule has 0 atom stereocenters. The van der Waals surface area contributed by atoms with Crippen LogP contribution in [0.2, 0.25) is 0 Å². The minimum Gasteiger partial charge on any atom is -0.192 e. The summed E-state index contributed by atoms with van der Waals surface area (Å²) in [7, 11) is 0. The van der Waals surface area contributed by atoms with E-state index in [1.165, 1.54) is 5.56 Å². The van der Waals surface area contributed by atoms with Gasteiger partial charge in [-0.25, -0.2) is 0 Å². The first-order chi connectivity index (χ1) is 6.74. The number of benzene rings is 2.